The van der Waals surface area contributed by atoms with Crippen LogP contribution in [0.2, 0.25) is 0 Å². The Hall–Kier alpha value is 0.210. The average molecular weight is 97.5 g/mol. The minimum absolute atomic E-state index is 0. The van der Waals surface area contributed by atoms with Gasteiger partial charge in [-0.2, -0.15) is 0 Å². The molecular weight excluding hydrogens is 89.5 g/mol. The zero-order valence-electron chi connectivity index (χ0n) is 3.20. The standard InChI is InChI=1S/C2H5ClO.H3N/c1-4-2-3;/h2H2,1H3;1H3. The van der Waals surface area contributed by atoms with Crippen molar-refractivity contribution in [3.05, 3.63) is 0 Å². The molecule has 0 rings (SSSR count). The fourth-order valence-corrected chi connectivity index (χ4v) is 0. The Bertz CT molecular complexity index is 11.6. The summed E-state index contributed by atoms with van der Waals surface area (Å²) in [5.41, 5.74) is 0. The monoisotopic (exact) mass is 97.0 g/mol. The van der Waals surface area contributed by atoms with Crippen molar-refractivity contribution < 1.29 is 4.74 Å². The first-order valence-corrected chi connectivity index (χ1v) is 1.50. The van der Waals surface area contributed by atoms with Crippen LogP contribution >= 0.6 is 11.6 Å². The van der Waals surface area contributed by atoms with E-state index in [-0.39, 0.29) is 6.15 Å². The maximum atomic E-state index is 4.96. The minimum atomic E-state index is 0. The molecule has 0 spiro atoms. The van der Waals surface area contributed by atoms with Crippen molar-refractivity contribution in [2.24, 2.45) is 0 Å². The second-order valence-electron chi connectivity index (χ2n) is 0.398. The van der Waals surface area contributed by atoms with E-state index in [2.05, 4.69) is 4.74 Å². The van der Waals surface area contributed by atoms with E-state index in [0.29, 0.717) is 6.07 Å². The van der Waals surface area contributed by atoms with Crippen molar-refractivity contribution in [1.82, 2.24) is 6.15 Å². The molecule has 0 aromatic heterocycles. The number of ether oxygens (including phenoxy) is 1. The lowest BCUT2D eigenvalue weighted by atomic mass is 11.5. The fraction of sp³-hybridized carbons (Fsp3) is 1.00. The fourth-order valence-electron chi connectivity index (χ4n) is 0. The minimum Gasteiger partial charge on any atom is -0.369 e. The van der Waals surface area contributed by atoms with Crippen LogP contribution in [-0.2, 0) is 4.74 Å². The lowest BCUT2D eigenvalue weighted by Crippen LogP contribution is -1.68. The third-order valence-corrected chi connectivity index (χ3v) is 0.327. The summed E-state index contributed by atoms with van der Waals surface area (Å²) in [4.78, 5) is 0. The van der Waals surface area contributed by atoms with Crippen molar-refractivity contribution in [3.8, 4) is 0 Å². The number of hydrogen-bond donors (Lipinski definition) is 1. The van der Waals surface area contributed by atoms with Crippen LogP contribution in [0.4, 0.5) is 0 Å². The van der Waals surface area contributed by atoms with Crippen LogP contribution in [0.15, 0.2) is 0 Å². The van der Waals surface area contributed by atoms with Crippen LogP contribution in [0, 0.1) is 0 Å². The maximum Gasteiger partial charge on any atom is 0.120 e. The van der Waals surface area contributed by atoms with E-state index in [9.17, 15) is 0 Å². The molecule has 0 aliphatic heterocycles. The van der Waals surface area contributed by atoms with Crippen LogP contribution in [-0.4, -0.2) is 13.2 Å². The van der Waals surface area contributed by atoms with E-state index in [0.717, 1.165) is 0 Å². The molecular formula is C2H8ClNO. The van der Waals surface area contributed by atoms with Crippen LogP contribution in [0.3, 0.4) is 0 Å². The molecule has 0 atom stereocenters. The zero-order valence-corrected chi connectivity index (χ0v) is 3.96. The molecule has 0 aliphatic carbocycles. The summed E-state index contributed by atoms with van der Waals surface area (Å²) < 4.78 is 4.31. The van der Waals surface area contributed by atoms with Crippen LogP contribution in [0.25, 0.3) is 0 Å². The lowest BCUT2D eigenvalue weighted by Gasteiger charge is -1.74. The van der Waals surface area contributed by atoms with Gasteiger partial charge in [0.1, 0.15) is 6.07 Å². The van der Waals surface area contributed by atoms with Gasteiger partial charge in [-0.05, 0) is 0 Å². The summed E-state index contributed by atoms with van der Waals surface area (Å²) in [6, 6.07) is 0.292. The molecule has 2 nitrogen and oxygen atoms in total. The van der Waals surface area contributed by atoms with E-state index >= 15 is 0 Å². The molecule has 3 N–H and O–H groups in total. The highest BCUT2D eigenvalue weighted by Gasteiger charge is 1.54. The molecule has 3 heteroatoms. The Morgan fingerprint density at radius 1 is 1.80 bits per heavy atom. The summed E-state index contributed by atoms with van der Waals surface area (Å²) in [6.07, 6.45) is 0. The molecule has 0 aliphatic rings. The molecule has 0 saturated heterocycles. The molecule has 0 aromatic carbocycles. The third-order valence-electron chi connectivity index (χ3n) is 0.109. The van der Waals surface area contributed by atoms with Gasteiger partial charge in [0.05, 0.1) is 0 Å². The highest BCUT2D eigenvalue weighted by Crippen LogP contribution is 1.66. The molecule has 0 amide bonds. The van der Waals surface area contributed by atoms with Crippen LogP contribution in [0.1, 0.15) is 0 Å². The first kappa shape index (κ1) is 8.96. The maximum absolute atomic E-state index is 4.96. The first-order valence-electron chi connectivity index (χ1n) is 0.964. The highest BCUT2D eigenvalue weighted by atomic mass is 35.5. The molecule has 0 fully saturated rings. The lowest BCUT2D eigenvalue weighted by molar-refractivity contribution is 0.254. The number of alkyl halides is 1. The van der Waals surface area contributed by atoms with Crippen molar-refractivity contribution in [2.45, 2.75) is 0 Å². The molecule has 34 valence electrons. The smallest absolute Gasteiger partial charge is 0.120 e. The molecule has 0 heterocycles. The summed E-state index contributed by atoms with van der Waals surface area (Å²) in [5, 5.41) is 0. The van der Waals surface area contributed by atoms with E-state index in [1.165, 1.54) is 0 Å². The molecule has 0 saturated carbocycles. The summed E-state index contributed by atoms with van der Waals surface area (Å²) in [6.45, 7) is 0. The number of halogens is 1. The van der Waals surface area contributed by atoms with E-state index < -0.39 is 0 Å². The van der Waals surface area contributed by atoms with Gasteiger partial charge in [0.2, 0.25) is 0 Å². The number of methoxy groups -OCH3 is 1. The Kier molecular flexibility index (Phi) is 15.9. The van der Waals surface area contributed by atoms with Gasteiger partial charge in [-0.3, -0.25) is 0 Å². The largest absolute Gasteiger partial charge is 0.369 e. The Balaban J connectivity index is 0. The van der Waals surface area contributed by atoms with Gasteiger partial charge in [-0.15, -0.1) is 0 Å². The quantitative estimate of drug-likeness (QED) is 0.496. The zero-order chi connectivity index (χ0) is 3.41. The topological polar surface area (TPSA) is 44.2 Å². The average Bonchev–Trinajstić information content (AvgIpc) is 1.37. The normalized spacial score (nSPS) is 6.00. The van der Waals surface area contributed by atoms with Gasteiger partial charge in [0.15, 0.2) is 0 Å². The first-order chi connectivity index (χ1) is 1.91. The van der Waals surface area contributed by atoms with Crippen molar-refractivity contribution in [2.75, 3.05) is 13.2 Å². The summed E-state index contributed by atoms with van der Waals surface area (Å²) in [5.74, 6) is 0. The van der Waals surface area contributed by atoms with Gasteiger partial charge >= 0.3 is 0 Å². The molecule has 0 aromatic rings. The van der Waals surface area contributed by atoms with Crippen molar-refractivity contribution >= 4 is 11.6 Å². The third kappa shape index (κ3) is 14.0. The summed E-state index contributed by atoms with van der Waals surface area (Å²) >= 11 is 4.96. The predicted molar refractivity (Wildman–Crippen MR) is 22.8 cm³/mol. The van der Waals surface area contributed by atoms with Crippen LogP contribution < -0.4 is 6.15 Å². The number of hydrogen-bond acceptors (Lipinski definition) is 2. The van der Waals surface area contributed by atoms with E-state index in [4.69, 9.17) is 11.6 Å². The highest BCUT2D eigenvalue weighted by molar-refractivity contribution is 6.17. The molecule has 0 radical (unpaired) electrons. The van der Waals surface area contributed by atoms with Gasteiger partial charge in [0.25, 0.3) is 0 Å². The molecule has 5 heavy (non-hydrogen) atoms. The Morgan fingerprint density at radius 3 is 2.00 bits per heavy atom. The number of rotatable bonds is 1. The second-order valence-corrected chi connectivity index (χ2v) is 0.616. The van der Waals surface area contributed by atoms with Crippen molar-refractivity contribution in [1.29, 1.82) is 0 Å². The van der Waals surface area contributed by atoms with Gasteiger partial charge in [-0.25, -0.2) is 0 Å². The predicted octanol–water partition coefficient (Wildman–Crippen LogP) is 0.991. The second kappa shape index (κ2) is 8.88. The molecule has 0 unspecified atom stereocenters. The van der Waals surface area contributed by atoms with Gasteiger partial charge < -0.3 is 10.9 Å². The SMILES string of the molecule is COCCl.N. The summed E-state index contributed by atoms with van der Waals surface area (Å²) in [7, 11) is 1.55. The molecule has 0 bridgehead atoms. The Morgan fingerprint density at radius 2 is 2.00 bits per heavy atom. The van der Waals surface area contributed by atoms with Gasteiger partial charge in [-0.1, -0.05) is 11.6 Å². The van der Waals surface area contributed by atoms with Crippen LogP contribution in [0.5, 0.6) is 0 Å². The van der Waals surface area contributed by atoms with Crippen molar-refractivity contribution in [3.63, 3.8) is 0 Å². The van der Waals surface area contributed by atoms with Gasteiger partial charge in [0, 0.05) is 7.11 Å². The Labute approximate surface area is 36.7 Å². The van der Waals surface area contributed by atoms with E-state index in [1.54, 1.807) is 7.11 Å². The van der Waals surface area contributed by atoms with E-state index in [1.807, 2.05) is 0 Å².